The molecule has 0 saturated carbocycles. The van der Waals surface area contributed by atoms with Gasteiger partial charge < -0.3 is 29.6 Å². The smallest absolute Gasteiger partial charge is 0.261 e. The fourth-order valence-electron chi connectivity index (χ4n) is 8.89. The van der Waals surface area contributed by atoms with E-state index in [-0.39, 0.29) is 29.5 Å². The van der Waals surface area contributed by atoms with Gasteiger partial charge in [0.15, 0.2) is 0 Å². The van der Waals surface area contributed by atoms with Crippen molar-refractivity contribution in [2.45, 2.75) is 80.9 Å². The Bertz CT molecular complexity index is 2010. The number of imide groups is 1. The Balaban J connectivity index is 0.768. The number of halogens is 2. The molecule has 1 aromatic heterocycles. The van der Waals surface area contributed by atoms with Crippen molar-refractivity contribution >= 4 is 51.8 Å². The van der Waals surface area contributed by atoms with Gasteiger partial charge in [-0.1, -0.05) is 0 Å². The van der Waals surface area contributed by atoms with Gasteiger partial charge in [0.2, 0.25) is 17.7 Å². The molecular formula is C41H51F2N7O6S. The molecule has 16 heteroatoms. The van der Waals surface area contributed by atoms with Crippen molar-refractivity contribution in [1.82, 2.24) is 25.1 Å². The van der Waals surface area contributed by atoms with Crippen LogP contribution in [0.3, 0.4) is 0 Å². The van der Waals surface area contributed by atoms with E-state index in [1.807, 2.05) is 9.80 Å². The summed E-state index contributed by atoms with van der Waals surface area (Å²) in [4.78, 5) is 63.7. The summed E-state index contributed by atoms with van der Waals surface area (Å²) < 4.78 is 41.8. The van der Waals surface area contributed by atoms with E-state index in [1.54, 1.807) is 30.0 Å². The molecule has 2 atom stereocenters. The molecule has 2 unspecified atom stereocenters. The van der Waals surface area contributed by atoms with Gasteiger partial charge in [-0.2, -0.15) is 11.8 Å². The Morgan fingerprint density at radius 3 is 2.47 bits per heavy atom. The van der Waals surface area contributed by atoms with E-state index in [1.165, 1.54) is 12.1 Å². The Hall–Kier alpha value is -4.28. The fraction of sp³-hybridized carbons (Fsp3) is 0.585. The Kier molecular flexibility index (Phi) is 12.3. The second-order valence-electron chi connectivity index (χ2n) is 16.0. The van der Waals surface area contributed by atoms with Crippen molar-refractivity contribution in [3.8, 4) is 5.75 Å². The van der Waals surface area contributed by atoms with Gasteiger partial charge in [0, 0.05) is 80.8 Å². The van der Waals surface area contributed by atoms with Gasteiger partial charge in [-0.3, -0.25) is 29.4 Å². The van der Waals surface area contributed by atoms with Crippen molar-refractivity contribution in [3.05, 3.63) is 58.1 Å². The summed E-state index contributed by atoms with van der Waals surface area (Å²) in [6.07, 6.45) is 6.67. The topological polar surface area (TPSA) is 149 Å². The van der Waals surface area contributed by atoms with Crippen molar-refractivity contribution in [3.63, 3.8) is 0 Å². The van der Waals surface area contributed by atoms with Crippen LogP contribution in [0.25, 0.3) is 10.9 Å². The summed E-state index contributed by atoms with van der Waals surface area (Å²) in [5.41, 5.74) is 0.791. The number of carbonyl (C=O) groups is 3. The number of ether oxygens (including phenoxy) is 2. The monoisotopic (exact) mass is 807 g/mol. The largest absolute Gasteiger partial charge is 0.493 e. The van der Waals surface area contributed by atoms with E-state index >= 15 is 8.78 Å². The minimum atomic E-state index is -0.637. The second-order valence-corrected chi connectivity index (χ2v) is 17.3. The number of anilines is 2. The summed E-state index contributed by atoms with van der Waals surface area (Å²) in [5.74, 6) is 0.137. The molecule has 306 valence electrons. The molecule has 2 aromatic carbocycles. The summed E-state index contributed by atoms with van der Waals surface area (Å²) >= 11 is 1.74. The van der Waals surface area contributed by atoms with Crippen LogP contribution in [0, 0.1) is 23.5 Å². The van der Waals surface area contributed by atoms with Crippen LogP contribution in [-0.2, 0) is 24.9 Å². The average molecular weight is 808 g/mol. The van der Waals surface area contributed by atoms with Crippen LogP contribution in [0.15, 0.2) is 35.1 Å². The Morgan fingerprint density at radius 1 is 0.930 bits per heavy atom. The molecule has 13 nitrogen and oxygen atoms in total. The minimum Gasteiger partial charge on any atom is -0.493 e. The number of hydrogen-bond donors (Lipinski definition) is 3. The van der Waals surface area contributed by atoms with Gasteiger partial charge in [-0.25, -0.2) is 13.8 Å². The predicted octanol–water partition coefficient (Wildman–Crippen LogP) is 4.44. The average Bonchev–Trinajstić information content (AvgIpc) is 3.71. The number of nitrogens with zero attached hydrogens (tertiary/aromatic N) is 4. The number of fused-ring (bicyclic) bond motifs is 1. The number of benzene rings is 2. The Labute approximate surface area is 334 Å². The number of rotatable bonds is 11. The predicted molar refractivity (Wildman–Crippen MR) is 213 cm³/mol. The first-order valence-corrected chi connectivity index (χ1v) is 21.4. The number of amides is 3. The van der Waals surface area contributed by atoms with Crippen molar-refractivity contribution in [2.75, 3.05) is 69.3 Å². The van der Waals surface area contributed by atoms with E-state index in [0.29, 0.717) is 96.9 Å². The quantitative estimate of drug-likeness (QED) is 0.236. The van der Waals surface area contributed by atoms with E-state index in [2.05, 4.69) is 25.5 Å². The van der Waals surface area contributed by atoms with Crippen molar-refractivity contribution in [1.29, 1.82) is 0 Å². The molecule has 3 N–H and O–H groups in total. The third-order valence-corrected chi connectivity index (χ3v) is 13.6. The molecule has 5 aliphatic heterocycles. The van der Waals surface area contributed by atoms with Gasteiger partial charge >= 0.3 is 0 Å². The Morgan fingerprint density at radius 2 is 1.72 bits per heavy atom. The fourth-order valence-corrected chi connectivity index (χ4v) is 9.95. The number of aromatic nitrogens is 2. The molecule has 3 aromatic rings. The summed E-state index contributed by atoms with van der Waals surface area (Å²) in [7, 11) is 0. The van der Waals surface area contributed by atoms with E-state index in [0.717, 1.165) is 65.0 Å². The molecule has 5 saturated heterocycles. The summed E-state index contributed by atoms with van der Waals surface area (Å²) in [6, 6.07) is 7.52. The second kappa shape index (κ2) is 17.7. The highest BCUT2D eigenvalue weighted by Gasteiger charge is 2.36. The number of thioether (sulfide) groups is 1. The first-order valence-electron chi connectivity index (χ1n) is 20.4. The van der Waals surface area contributed by atoms with E-state index < -0.39 is 29.1 Å². The number of nitrogens with one attached hydrogen (secondary N) is 3. The normalized spacial score (nSPS) is 23.3. The number of carbonyl (C=O) groups excluding carboxylic acids is 3. The standard InChI is InChI=1S/C41H51F2N7O6S/c42-31-19-27(44-33-2-4-37(51)47-39(33)52)1-3-35(31)49-14-7-26(8-15-49)41(54)50-16-9-28(22-50)48-12-5-25(6-13-48)23-56-29-20-32(43)38-34(21-29)45-36(46-40(38)53)24-57-30-10-17-55-18-11-30/h1,3,19-21,25-26,28,30,33,44H,2,4-18,22-24H2,(H,45,46,53)(H,47,51,52). The number of hydrogen-bond acceptors (Lipinski definition) is 11. The molecule has 8 rings (SSSR count). The first kappa shape index (κ1) is 39.5. The number of H-pyrrole nitrogens is 1. The third-order valence-electron chi connectivity index (χ3n) is 12.2. The lowest BCUT2D eigenvalue weighted by atomic mass is 9.94. The van der Waals surface area contributed by atoms with Gasteiger partial charge in [0.05, 0.1) is 23.6 Å². The van der Waals surface area contributed by atoms with Crippen LogP contribution < -0.4 is 25.8 Å². The van der Waals surface area contributed by atoms with Crippen molar-refractivity contribution in [2.24, 2.45) is 11.8 Å². The van der Waals surface area contributed by atoms with E-state index in [4.69, 9.17) is 9.47 Å². The maximum absolute atomic E-state index is 15.2. The molecule has 0 radical (unpaired) electrons. The zero-order chi connectivity index (χ0) is 39.5. The lowest BCUT2D eigenvalue weighted by molar-refractivity contribution is -0.135. The summed E-state index contributed by atoms with van der Waals surface area (Å²) in [5, 5.41) is 5.74. The highest BCUT2D eigenvalue weighted by Crippen LogP contribution is 2.32. The third kappa shape index (κ3) is 9.38. The minimum absolute atomic E-state index is 0.0504. The SMILES string of the molecule is O=C1CCC(Nc2ccc(N3CCC(C(=O)N4CCC(N5CCC(COc6cc(F)c7c(=O)[nH]c(CSC8CCOCC8)nc7c6)CC5)C4)CC3)c(F)c2)C(=O)N1. The maximum atomic E-state index is 15.2. The summed E-state index contributed by atoms with van der Waals surface area (Å²) in [6.45, 7) is 6.37. The zero-order valence-corrected chi connectivity index (χ0v) is 32.9. The van der Waals surface area contributed by atoms with Crippen LogP contribution in [-0.4, -0.2) is 114 Å². The van der Waals surface area contributed by atoms with Crippen LogP contribution >= 0.6 is 11.8 Å². The maximum Gasteiger partial charge on any atom is 0.261 e. The van der Waals surface area contributed by atoms with Gasteiger partial charge in [0.1, 0.15) is 34.6 Å². The lowest BCUT2D eigenvalue weighted by Gasteiger charge is -2.36. The van der Waals surface area contributed by atoms with Crippen molar-refractivity contribution < 1.29 is 32.6 Å². The first-order chi connectivity index (χ1) is 27.7. The van der Waals surface area contributed by atoms with Gasteiger partial charge in [0.25, 0.3) is 5.56 Å². The molecule has 3 amide bonds. The van der Waals surface area contributed by atoms with Crippen LogP contribution in [0.2, 0.25) is 0 Å². The molecule has 0 aliphatic carbocycles. The van der Waals surface area contributed by atoms with E-state index in [9.17, 15) is 19.2 Å². The zero-order valence-electron chi connectivity index (χ0n) is 32.1. The number of likely N-dealkylation sites (tertiary alicyclic amines) is 2. The number of piperidine rings is 3. The highest BCUT2D eigenvalue weighted by molar-refractivity contribution is 7.99. The molecule has 0 spiro atoms. The van der Waals surface area contributed by atoms with Gasteiger partial charge in [-0.05, 0) is 88.6 Å². The molecule has 6 heterocycles. The molecule has 5 aliphatic rings. The lowest BCUT2D eigenvalue weighted by Crippen LogP contribution is -2.47. The molecule has 57 heavy (non-hydrogen) atoms. The van der Waals surface area contributed by atoms with Crippen LogP contribution in [0.1, 0.15) is 63.6 Å². The molecular weight excluding hydrogens is 757 g/mol. The van der Waals surface area contributed by atoms with Crippen LogP contribution in [0.4, 0.5) is 20.2 Å². The highest BCUT2D eigenvalue weighted by atomic mass is 32.2. The van der Waals surface area contributed by atoms with Crippen LogP contribution in [0.5, 0.6) is 5.75 Å². The number of aromatic amines is 1. The molecule has 0 bridgehead atoms. The van der Waals surface area contributed by atoms with Gasteiger partial charge in [-0.15, -0.1) is 0 Å². The molecule has 5 fully saturated rings.